The SMILES string of the molecule is CC[C@@H]1CN2CCc3cc(OC)c(OC)cc3[C@@H]2C[C@@H]1C[C@H]1c2cc(OC)c(OC)cc2CCN1C(=O)c1ccc(OCC(C)C)cc1. The Morgan fingerprint density at radius 3 is 1.98 bits per heavy atom. The Bertz CT molecular complexity index is 1590. The van der Waals surface area contributed by atoms with E-state index in [0.29, 0.717) is 48.3 Å². The smallest absolute Gasteiger partial charge is 0.254 e. The molecule has 0 saturated carbocycles. The van der Waals surface area contributed by atoms with Crippen molar-refractivity contribution in [3.63, 3.8) is 0 Å². The molecule has 0 spiro atoms. The van der Waals surface area contributed by atoms with Gasteiger partial charge in [0.05, 0.1) is 41.1 Å². The lowest BCUT2D eigenvalue weighted by Crippen LogP contribution is -2.47. The minimum Gasteiger partial charge on any atom is -0.493 e. The van der Waals surface area contributed by atoms with Gasteiger partial charge >= 0.3 is 0 Å². The van der Waals surface area contributed by atoms with Crippen molar-refractivity contribution >= 4 is 5.91 Å². The first-order valence-corrected chi connectivity index (χ1v) is 17.6. The van der Waals surface area contributed by atoms with Crippen LogP contribution >= 0.6 is 0 Å². The van der Waals surface area contributed by atoms with Crippen molar-refractivity contribution in [2.45, 2.75) is 65.0 Å². The summed E-state index contributed by atoms with van der Waals surface area (Å²) in [5.74, 6) is 5.23. The van der Waals surface area contributed by atoms with E-state index in [0.717, 1.165) is 73.8 Å². The van der Waals surface area contributed by atoms with E-state index in [1.165, 1.54) is 16.7 Å². The van der Waals surface area contributed by atoms with Gasteiger partial charge < -0.3 is 28.6 Å². The maximum atomic E-state index is 14.4. The van der Waals surface area contributed by atoms with Crippen LogP contribution in [-0.2, 0) is 12.8 Å². The molecule has 0 radical (unpaired) electrons. The van der Waals surface area contributed by atoms with Crippen LogP contribution in [-0.4, -0.2) is 70.4 Å². The van der Waals surface area contributed by atoms with Gasteiger partial charge in [0.2, 0.25) is 0 Å². The highest BCUT2D eigenvalue weighted by molar-refractivity contribution is 5.95. The number of rotatable bonds is 11. The number of amides is 1. The van der Waals surface area contributed by atoms with Gasteiger partial charge in [0, 0.05) is 31.2 Å². The van der Waals surface area contributed by atoms with E-state index in [-0.39, 0.29) is 11.9 Å². The first-order valence-electron chi connectivity index (χ1n) is 17.6. The largest absolute Gasteiger partial charge is 0.493 e. The van der Waals surface area contributed by atoms with Crippen molar-refractivity contribution < 1.29 is 28.5 Å². The fourth-order valence-corrected chi connectivity index (χ4v) is 8.19. The molecule has 3 aliphatic rings. The summed E-state index contributed by atoms with van der Waals surface area (Å²) < 4.78 is 28.8. The van der Waals surface area contributed by atoms with E-state index in [9.17, 15) is 4.79 Å². The lowest BCUT2D eigenvalue weighted by molar-refractivity contribution is 0.0287. The fourth-order valence-electron chi connectivity index (χ4n) is 8.19. The summed E-state index contributed by atoms with van der Waals surface area (Å²) in [6.45, 7) is 9.97. The Kier molecular flexibility index (Phi) is 10.4. The van der Waals surface area contributed by atoms with Crippen LogP contribution in [0.15, 0.2) is 48.5 Å². The average Bonchev–Trinajstić information content (AvgIpc) is 3.12. The van der Waals surface area contributed by atoms with Gasteiger partial charge in [0.25, 0.3) is 5.91 Å². The molecule has 3 heterocycles. The fraction of sp³-hybridized carbons (Fsp3) is 0.525. The van der Waals surface area contributed by atoms with Crippen molar-refractivity contribution in [3.05, 3.63) is 76.3 Å². The van der Waals surface area contributed by atoms with E-state index >= 15 is 0 Å². The van der Waals surface area contributed by atoms with Crippen LogP contribution in [0.2, 0.25) is 0 Å². The maximum absolute atomic E-state index is 14.4. The highest BCUT2D eigenvalue weighted by atomic mass is 16.5. The second kappa shape index (κ2) is 14.7. The van der Waals surface area contributed by atoms with Gasteiger partial charge in [-0.1, -0.05) is 27.2 Å². The molecule has 0 bridgehead atoms. The molecule has 1 saturated heterocycles. The van der Waals surface area contributed by atoms with Crippen LogP contribution in [0.4, 0.5) is 0 Å². The Labute approximate surface area is 286 Å². The Morgan fingerprint density at radius 2 is 1.38 bits per heavy atom. The molecule has 3 aromatic rings. The predicted molar refractivity (Wildman–Crippen MR) is 188 cm³/mol. The third kappa shape index (κ3) is 6.69. The summed E-state index contributed by atoms with van der Waals surface area (Å²) >= 11 is 0. The summed E-state index contributed by atoms with van der Waals surface area (Å²) in [6, 6.07) is 16.5. The van der Waals surface area contributed by atoms with Crippen LogP contribution in [0.1, 0.15) is 84.7 Å². The van der Waals surface area contributed by atoms with E-state index < -0.39 is 0 Å². The number of carbonyl (C=O) groups excluding carboxylic acids is 1. The molecule has 8 nitrogen and oxygen atoms in total. The molecule has 0 unspecified atom stereocenters. The highest BCUT2D eigenvalue weighted by Crippen LogP contribution is 2.49. The number of methoxy groups -OCH3 is 4. The lowest BCUT2D eigenvalue weighted by Gasteiger charge is -2.49. The third-order valence-corrected chi connectivity index (χ3v) is 10.8. The zero-order valence-electron chi connectivity index (χ0n) is 29.7. The zero-order chi connectivity index (χ0) is 33.9. The molecule has 3 aromatic carbocycles. The van der Waals surface area contributed by atoms with Gasteiger partial charge in [0.15, 0.2) is 23.0 Å². The second-order valence-corrected chi connectivity index (χ2v) is 14.0. The first-order chi connectivity index (χ1) is 23.3. The van der Waals surface area contributed by atoms with Crippen molar-refractivity contribution in [1.29, 1.82) is 0 Å². The van der Waals surface area contributed by atoms with Gasteiger partial charge in [0.1, 0.15) is 5.75 Å². The number of piperidine rings is 1. The van der Waals surface area contributed by atoms with Gasteiger partial charge in [-0.3, -0.25) is 9.69 Å². The average molecular weight is 657 g/mol. The van der Waals surface area contributed by atoms with E-state index in [4.69, 9.17) is 23.7 Å². The Morgan fingerprint density at radius 1 is 0.792 bits per heavy atom. The third-order valence-electron chi connectivity index (χ3n) is 10.8. The summed E-state index contributed by atoms with van der Waals surface area (Å²) in [5, 5.41) is 0. The minimum atomic E-state index is -0.0861. The molecule has 6 rings (SSSR count). The Balaban J connectivity index is 1.34. The van der Waals surface area contributed by atoms with Crippen LogP contribution < -0.4 is 23.7 Å². The van der Waals surface area contributed by atoms with Crippen molar-refractivity contribution in [1.82, 2.24) is 9.80 Å². The quantitative estimate of drug-likeness (QED) is 0.211. The van der Waals surface area contributed by atoms with E-state index in [2.05, 4.69) is 54.8 Å². The second-order valence-electron chi connectivity index (χ2n) is 14.0. The van der Waals surface area contributed by atoms with E-state index in [1.807, 2.05) is 24.3 Å². The molecule has 3 aliphatic heterocycles. The van der Waals surface area contributed by atoms with Crippen LogP contribution in [0.3, 0.4) is 0 Å². The minimum absolute atomic E-state index is 0.0566. The monoisotopic (exact) mass is 656 g/mol. The predicted octanol–water partition coefficient (Wildman–Crippen LogP) is 7.53. The first kappa shape index (κ1) is 34.0. The number of nitrogens with zero attached hydrogens (tertiary/aromatic N) is 2. The standard InChI is InChI=1S/C40H52N2O6/c1-8-26-23-41-15-13-28-19-36(44-4)38(46-6)21-32(28)34(41)17-30(26)18-35-33-22-39(47-7)37(45-5)20-29(33)14-16-42(35)40(43)27-9-11-31(12-10-27)48-24-25(2)3/h9-12,19-22,25-26,30,34-35H,8,13-18,23-24H2,1-7H3/t26-,30-,34+,35+/m1/s1. The zero-order valence-corrected chi connectivity index (χ0v) is 29.7. The maximum Gasteiger partial charge on any atom is 0.254 e. The van der Waals surface area contributed by atoms with Gasteiger partial charge in [-0.2, -0.15) is 0 Å². The van der Waals surface area contributed by atoms with Crippen LogP contribution in [0.5, 0.6) is 28.7 Å². The summed E-state index contributed by atoms with van der Waals surface area (Å²) in [6.07, 6.45) is 4.79. The van der Waals surface area contributed by atoms with Gasteiger partial charge in [-0.15, -0.1) is 0 Å². The number of carbonyl (C=O) groups is 1. The molecular formula is C40H52N2O6. The number of benzene rings is 3. The molecule has 1 amide bonds. The molecule has 48 heavy (non-hydrogen) atoms. The Hall–Kier alpha value is -3.91. The normalized spacial score (nSPS) is 22.0. The highest BCUT2D eigenvalue weighted by Gasteiger charge is 2.42. The van der Waals surface area contributed by atoms with Gasteiger partial charge in [-0.25, -0.2) is 0 Å². The molecule has 1 fully saturated rings. The summed E-state index contributed by atoms with van der Waals surface area (Å²) in [5.41, 5.74) is 5.77. The van der Waals surface area contributed by atoms with Crippen LogP contribution in [0.25, 0.3) is 0 Å². The molecular weight excluding hydrogens is 604 g/mol. The van der Waals surface area contributed by atoms with Crippen LogP contribution in [0, 0.1) is 17.8 Å². The van der Waals surface area contributed by atoms with Crippen molar-refractivity contribution in [2.75, 3.05) is 54.7 Å². The number of ether oxygens (including phenoxy) is 5. The molecule has 0 aliphatic carbocycles. The molecule has 4 atom stereocenters. The summed E-state index contributed by atoms with van der Waals surface area (Å²) in [4.78, 5) is 19.2. The van der Waals surface area contributed by atoms with Crippen molar-refractivity contribution in [3.8, 4) is 28.7 Å². The summed E-state index contributed by atoms with van der Waals surface area (Å²) in [7, 11) is 6.78. The molecule has 0 aromatic heterocycles. The number of fused-ring (bicyclic) bond motifs is 4. The molecule has 0 N–H and O–H groups in total. The molecule has 8 heteroatoms. The topological polar surface area (TPSA) is 69.7 Å². The van der Waals surface area contributed by atoms with Gasteiger partial charge in [-0.05, 0) is 114 Å². The number of hydrogen-bond donors (Lipinski definition) is 0. The van der Waals surface area contributed by atoms with E-state index in [1.54, 1.807) is 28.4 Å². The number of hydrogen-bond acceptors (Lipinski definition) is 7. The molecule has 258 valence electrons. The lowest BCUT2D eigenvalue weighted by atomic mass is 9.72. The van der Waals surface area contributed by atoms with Crippen molar-refractivity contribution in [2.24, 2.45) is 17.8 Å².